The van der Waals surface area contributed by atoms with Crippen molar-refractivity contribution in [2.24, 2.45) is 5.73 Å². The molecular weight excluding hydrogens is 274 g/mol. The molecule has 3 amide bonds. The third-order valence-electron chi connectivity index (χ3n) is 2.92. The zero-order chi connectivity index (χ0) is 16.2. The van der Waals surface area contributed by atoms with Gasteiger partial charge < -0.3 is 21.5 Å². The van der Waals surface area contributed by atoms with Crippen molar-refractivity contribution in [2.45, 2.75) is 33.2 Å². The molecule has 1 unspecified atom stereocenters. The monoisotopic (exact) mass is 293 g/mol. The van der Waals surface area contributed by atoms with Crippen LogP contribution in [-0.4, -0.2) is 29.1 Å². The Morgan fingerprint density at radius 1 is 1.19 bits per heavy atom. The topological polar surface area (TPSA) is 122 Å². The number of aryl methyl sites for hydroxylation is 3. The zero-order valence-electron chi connectivity index (χ0n) is 12.2. The molecule has 0 saturated heterocycles. The van der Waals surface area contributed by atoms with Crippen LogP contribution in [0.4, 0.5) is 10.5 Å². The summed E-state index contributed by atoms with van der Waals surface area (Å²) >= 11 is 0. The van der Waals surface area contributed by atoms with Gasteiger partial charge in [0.05, 0.1) is 6.42 Å². The molecule has 0 radical (unpaired) electrons. The normalized spacial score (nSPS) is 11.6. The van der Waals surface area contributed by atoms with E-state index in [2.05, 4.69) is 10.6 Å². The number of carbonyl (C=O) groups is 3. The maximum absolute atomic E-state index is 11.9. The van der Waals surface area contributed by atoms with E-state index in [0.29, 0.717) is 5.69 Å². The van der Waals surface area contributed by atoms with E-state index in [1.54, 1.807) is 0 Å². The second-order valence-electron chi connectivity index (χ2n) is 4.93. The van der Waals surface area contributed by atoms with Crippen LogP contribution in [0.25, 0.3) is 0 Å². The molecule has 0 saturated carbocycles. The molecule has 114 valence electrons. The summed E-state index contributed by atoms with van der Waals surface area (Å²) in [5.41, 5.74) is 8.36. The molecule has 0 aliphatic rings. The van der Waals surface area contributed by atoms with Crippen molar-refractivity contribution in [3.63, 3.8) is 0 Å². The number of carbonyl (C=O) groups excluding carboxylic acids is 2. The molecule has 0 spiro atoms. The van der Waals surface area contributed by atoms with Crippen molar-refractivity contribution in [1.29, 1.82) is 0 Å². The van der Waals surface area contributed by atoms with Crippen LogP contribution in [0.1, 0.15) is 23.1 Å². The van der Waals surface area contributed by atoms with E-state index in [0.717, 1.165) is 16.7 Å². The van der Waals surface area contributed by atoms with Gasteiger partial charge in [0.25, 0.3) is 0 Å². The SMILES string of the molecule is Cc1cc(C)c(NC(=O)NC(CC(N)=O)C(=O)O)c(C)c1. The van der Waals surface area contributed by atoms with E-state index in [9.17, 15) is 14.4 Å². The standard InChI is InChI=1S/C14H19N3O4/c1-7-4-8(2)12(9(3)5-7)17-14(21)16-10(13(19)20)6-11(15)18/h4-5,10H,6H2,1-3H3,(H2,15,18)(H,19,20)(H2,16,17,21). The molecular formula is C14H19N3O4. The quantitative estimate of drug-likeness (QED) is 0.648. The fourth-order valence-corrected chi connectivity index (χ4v) is 2.09. The van der Waals surface area contributed by atoms with E-state index in [4.69, 9.17) is 10.8 Å². The lowest BCUT2D eigenvalue weighted by molar-refractivity contribution is -0.140. The molecule has 7 nitrogen and oxygen atoms in total. The summed E-state index contributed by atoms with van der Waals surface area (Å²) in [6.45, 7) is 5.62. The van der Waals surface area contributed by atoms with Crippen molar-refractivity contribution in [2.75, 3.05) is 5.32 Å². The molecule has 0 bridgehead atoms. The van der Waals surface area contributed by atoms with Crippen LogP contribution in [0.3, 0.4) is 0 Å². The number of nitrogens with one attached hydrogen (secondary N) is 2. The summed E-state index contributed by atoms with van der Waals surface area (Å²) in [6, 6.07) is 1.76. The van der Waals surface area contributed by atoms with Gasteiger partial charge in [-0.3, -0.25) is 4.79 Å². The van der Waals surface area contributed by atoms with Crippen molar-refractivity contribution in [1.82, 2.24) is 5.32 Å². The largest absolute Gasteiger partial charge is 0.480 e. The van der Waals surface area contributed by atoms with Crippen LogP contribution in [-0.2, 0) is 9.59 Å². The molecule has 0 fully saturated rings. The Balaban J connectivity index is 2.82. The summed E-state index contributed by atoms with van der Waals surface area (Å²) in [5.74, 6) is -2.12. The molecule has 1 aromatic carbocycles. The fraction of sp³-hybridized carbons (Fsp3) is 0.357. The van der Waals surface area contributed by atoms with Gasteiger partial charge in [0.15, 0.2) is 0 Å². The number of carboxylic acid groups (broad SMARTS) is 1. The van der Waals surface area contributed by atoms with Gasteiger partial charge in [-0.05, 0) is 31.9 Å². The summed E-state index contributed by atoms with van der Waals surface area (Å²) < 4.78 is 0. The molecule has 21 heavy (non-hydrogen) atoms. The predicted octanol–water partition coefficient (Wildman–Crippen LogP) is 1.06. The van der Waals surface area contributed by atoms with Crippen LogP contribution in [0.2, 0.25) is 0 Å². The Hall–Kier alpha value is -2.57. The van der Waals surface area contributed by atoms with Crippen LogP contribution < -0.4 is 16.4 Å². The number of aliphatic carboxylic acids is 1. The minimum Gasteiger partial charge on any atom is -0.480 e. The molecule has 0 aliphatic carbocycles. The molecule has 0 aromatic heterocycles. The Bertz CT molecular complexity index is 561. The Labute approximate surface area is 122 Å². The van der Waals surface area contributed by atoms with Crippen LogP contribution in [0.15, 0.2) is 12.1 Å². The highest BCUT2D eigenvalue weighted by Crippen LogP contribution is 2.21. The van der Waals surface area contributed by atoms with Gasteiger partial charge in [0, 0.05) is 5.69 Å². The Morgan fingerprint density at radius 3 is 2.14 bits per heavy atom. The van der Waals surface area contributed by atoms with Gasteiger partial charge in [0.2, 0.25) is 5.91 Å². The highest BCUT2D eigenvalue weighted by Gasteiger charge is 2.22. The van der Waals surface area contributed by atoms with E-state index in [1.807, 2.05) is 32.9 Å². The molecule has 7 heteroatoms. The lowest BCUT2D eigenvalue weighted by Crippen LogP contribution is -2.45. The second kappa shape index (κ2) is 6.74. The molecule has 0 heterocycles. The fourth-order valence-electron chi connectivity index (χ4n) is 2.09. The summed E-state index contributed by atoms with van der Waals surface area (Å²) in [4.78, 5) is 33.6. The Morgan fingerprint density at radius 2 is 1.71 bits per heavy atom. The second-order valence-corrected chi connectivity index (χ2v) is 4.93. The van der Waals surface area contributed by atoms with E-state index in [-0.39, 0.29) is 0 Å². The van der Waals surface area contributed by atoms with Crippen LogP contribution in [0.5, 0.6) is 0 Å². The Kier molecular flexibility index (Phi) is 5.29. The summed E-state index contributed by atoms with van der Waals surface area (Å²) in [6.07, 6.45) is -0.464. The van der Waals surface area contributed by atoms with Crippen LogP contribution >= 0.6 is 0 Å². The van der Waals surface area contributed by atoms with Gasteiger partial charge in [-0.2, -0.15) is 0 Å². The number of primary amides is 1. The molecule has 5 N–H and O–H groups in total. The summed E-state index contributed by atoms with van der Waals surface area (Å²) in [7, 11) is 0. The number of rotatable bonds is 5. The number of urea groups is 1. The first-order valence-electron chi connectivity index (χ1n) is 6.37. The molecule has 1 rings (SSSR count). The van der Waals surface area contributed by atoms with Crippen molar-refractivity contribution >= 4 is 23.6 Å². The lowest BCUT2D eigenvalue weighted by Gasteiger charge is -2.16. The van der Waals surface area contributed by atoms with E-state index < -0.39 is 30.4 Å². The first-order chi connectivity index (χ1) is 9.70. The maximum Gasteiger partial charge on any atom is 0.326 e. The number of amides is 3. The number of nitrogens with two attached hydrogens (primary N) is 1. The number of hydrogen-bond acceptors (Lipinski definition) is 3. The van der Waals surface area contributed by atoms with Gasteiger partial charge in [-0.15, -0.1) is 0 Å². The maximum atomic E-state index is 11.9. The average molecular weight is 293 g/mol. The van der Waals surface area contributed by atoms with Gasteiger partial charge in [-0.1, -0.05) is 17.7 Å². The number of benzene rings is 1. The first-order valence-corrected chi connectivity index (χ1v) is 6.37. The third kappa shape index (κ3) is 4.79. The van der Waals surface area contributed by atoms with Gasteiger partial charge >= 0.3 is 12.0 Å². The van der Waals surface area contributed by atoms with E-state index >= 15 is 0 Å². The number of anilines is 1. The first kappa shape index (κ1) is 16.5. The van der Waals surface area contributed by atoms with Gasteiger partial charge in [-0.25, -0.2) is 9.59 Å². The highest BCUT2D eigenvalue weighted by atomic mass is 16.4. The molecule has 1 atom stereocenters. The number of carboxylic acids is 1. The average Bonchev–Trinajstić information content (AvgIpc) is 2.32. The molecule has 0 aliphatic heterocycles. The lowest BCUT2D eigenvalue weighted by atomic mass is 10.1. The minimum atomic E-state index is -1.35. The van der Waals surface area contributed by atoms with Gasteiger partial charge in [0.1, 0.15) is 6.04 Å². The molecule has 1 aromatic rings. The van der Waals surface area contributed by atoms with E-state index in [1.165, 1.54) is 0 Å². The predicted molar refractivity (Wildman–Crippen MR) is 78.0 cm³/mol. The van der Waals surface area contributed by atoms with Crippen molar-refractivity contribution < 1.29 is 19.5 Å². The van der Waals surface area contributed by atoms with Crippen LogP contribution in [0, 0.1) is 20.8 Å². The third-order valence-corrected chi connectivity index (χ3v) is 2.92. The van der Waals surface area contributed by atoms with Crippen molar-refractivity contribution in [3.8, 4) is 0 Å². The summed E-state index contributed by atoms with van der Waals surface area (Å²) in [5, 5.41) is 13.7. The smallest absolute Gasteiger partial charge is 0.326 e. The number of hydrogen-bond donors (Lipinski definition) is 4. The highest BCUT2D eigenvalue weighted by molar-refractivity contribution is 5.94. The minimum absolute atomic E-state index is 0.464. The van der Waals surface area contributed by atoms with Crippen molar-refractivity contribution in [3.05, 3.63) is 28.8 Å². The zero-order valence-corrected chi connectivity index (χ0v) is 12.2.